The molecule has 1 aliphatic heterocycles. The molecule has 1 aliphatic rings. The van der Waals surface area contributed by atoms with E-state index in [9.17, 15) is 14.7 Å². The number of carbonyl (C=O) groups is 2. The number of aliphatic hydroxyl groups excluding tert-OH is 1. The lowest BCUT2D eigenvalue weighted by molar-refractivity contribution is -0.140. The van der Waals surface area contributed by atoms with Crippen molar-refractivity contribution in [3.63, 3.8) is 0 Å². The Labute approximate surface area is 191 Å². The van der Waals surface area contributed by atoms with Crippen LogP contribution in [0.5, 0.6) is 11.5 Å². The van der Waals surface area contributed by atoms with Gasteiger partial charge in [0.05, 0.1) is 25.3 Å². The molecule has 2 heterocycles. The van der Waals surface area contributed by atoms with Gasteiger partial charge in [0.2, 0.25) is 0 Å². The Balaban J connectivity index is 1.85. The van der Waals surface area contributed by atoms with Crippen molar-refractivity contribution >= 4 is 17.4 Å². The van der Waals surface area contributed by atoms with Gasteiger partial charge in [-0.2, -0.15) is 0 Å². The Kier molecular flexibility index (Phi) is 6.40. The predicted octanol–water partition coefficient (Wildman–Crippen LogP) is 4.11. The number of aromatic nitrogens is 1. The van der Waals surface area contributed by atoms with Crippen molar-refractivity contribution in [1.82, 2.24) is 9.88 Å². The van der Waals surface area contributed by atoms with E-state index in [0.717, 1.165) is 5.56 Å². The topological polar surface area (TPSA) is 89.0 Å². The van der Waals surface area contributed by atoms with E-state index >= 15 is 0 Å². The number of ether oxygens (including phenoxy) is 2. The van der Waals surface area contributed by atoms with Crippen LogP contribution in [0.15, 0.2) is 78.6 Å². The van der Waals surface area contributed by atoms with E-state index in [0.29, 0.717) is 29.2 Å². The summed E-state index contributed by atoms with van der Waals surface area (Å²) in [5.74, 6) is -0.424. The van der Waals surface area contributed by atoms with E-state index in [-0.39, 0.29) is 17.9 Å². The number of likely N-dealkylation sites (tertiary alicyclic amines) is 1. The molecule has 7 nitrogen and oxygen atoms in total. The standard InChI is InChI=1S/C26H24N2O5/c1-3-33-21-8-4-7-19(14-21)23-22(24(29)18-9-11-20(32-2)12-10-18)25(30)26(31)28(23)16-17-6-5-13-27-15-17/h4-15,23,29H,3,16H2,1-2H3. The summed E-state index contributed by atoms with van der Waals surface area (Å²) in [6.07, 6.45) is 3.29. The van der Waals surface area contributed by atoms with E-state index in [1.807, 2.05) is 25.1 Å². The lowest BCUT2D eigenvalue weighted by Crippen LogP contribution is -2.29. The molecule has 1 saturated heterocycles. The van der Waals surface area contributed by atoms with E-state index in [1.165, 1.54) is 4.90 Å². The van der Waals surface area contributed by atoms with E-state index in [2.05, 4.69) is 4.98 Å². The van der Waals surface area contributed by atoms with Crippen LogP contribution in [0.3, 0.4) is 0 Å². The largest absolute Gasteiger partial charge is 0.507 e. The first-order chi connectivity index (χ1) is 16.0. The molecule has 0 saturated carbocycles. The van der Waals surface area contributed by atoms with Crippen molar-refractivity contribution in [1.29, 1.82) is 0 Å². The summed E-state index contributed by atoms with van der Waals surface area (Å²) < 4.78 is 10.8. The van der Waals surface area contributed by atoms with Gasteiger partial charge in [0, 0.05) is 24.5 Å². The molecule has 0 aliphatic carbocycles. The molecule has 0 spiro atoms. The predicted molar refractivity (Wildman–Crippen MR) is 123 cm³/mol. The van der Waals surface area contributed by atoms with Gasteiger partial charge in [0.15, 0.2) is 0 Å². The van der Waals surface area contributed by atoms with Gasteiger partial charge in [0.25, 0.3) is 11.7 Å². The SMILES string of the molecule is CCOc1cccc(C2C(=C(O)c3ccc(OC)cc3)C(=O)C(=O)N2Cc2cccnc2)c1. The molecule has 168 valence electrons. The van der Waals surface area contributed by atoms with Gasteiger partial charge in [0.1, 0.15) is 17.3 Å². The molecule has 0 bridgehead atoms. The third kappa shape index (κ3) is 4.43. The van der Waals surface area contributed by atoms with Crippen LogP contribution in [0.25, 0.3) is 5.76 Å². The van der Waals surface area contributed by atoms with Gasteiger partial charge in [-0.05, 0) is 60.5 Å². The molecule has 1 atom stereocenters. The molecule has 1 aromatic heterocycles. The Morgan fingerprint density at radius 1 is 1.06 bits per heavy atom. The van der Waals surface area contributed by atoms with E-state index < -0.39 is 17.7 Å². The number of ketones is 1. The minimum Gasteiger partial charge on any atom is -0.507 e. The zero-order chi connectivity index (χ0) is 23.4. The highest BCUT2D eigenvalue weighted by Gasteiger charge is 2.46. The number of amides is 1. The fourth-order valence-electron chi connectivity index (χ4n) is 3.92. The third-order valence-electron chi connectivity index (χ3n) is 5.46. The number of benzene rings is 2. The smallest absolute Gasteiger partial charge is 0.295 e. The van der Waals surface area contributed by atoms with Gasteiger partial charge in [-0.25, -0.2) is 0 Å². The van der Waals surface area contributed by atoms with Crippen molar-refractivity contribution in [2.45, 2.75) is 19.5 Å². The van der Waals surface area contributed by atoms with Gasteiger partial charge < -0.3 is 19.5 Å². The molecule has 33 heavy (non-hydrogen) atoms. The summed E-state index contributed by atoms with van der Waals surface area (Å²) in [7, 11) is 1.55. The second-order valence-electron chi connectivity index (χ2n) is 7.52. The number of hydrogen-bond donors (Lipinski definition) is 1. The second-order valence-corrected chi connectivity index (χ2v) is 7.52. The lowest BCUT2D eigenvalue weighted by Gasteiger charge is -2.25. The lowest BCUT2D eigenvalue weighted by atomic mass is 9.95. The summed E-state index contributed by atoms with van der Waals surface area (Å²) in [6, 6.07) is 16.7. The Bertz CT molecular complexity index is 1190. The summed E-state index contributed by atoms with van der Waals surface area (Å²) in [4.78, 5) is 31.8. The number of methoxy groups -OCH3 is 1. The fourth-order valence-corrected chi connectivity index (χ4v) is 3.92. The molecule has 3 aromatic rings. The number of pyridine rings is 1. The van der Waals surface area contributed by atoms with Crippen LogP contribution in [0, 0.1) is 0 Å². The maximum Gasteiger partial charge on any atom is 0.295 e. The Morgan fingerprint density at radius 3 is 2.52 bits per heavy atom. The molecule has 1 N–H and O–H groups in total. The Morgan fingerprint density at radius 2 is 1.85 bits per heavy atom. The van der Waals surface area contributed by atoms with Crippen LogP contribution in [0.2, 0.25) is 0 Å². The first-order valence-corrected chi connectivity index (χ1v) is 10.6. The molecule has 2 aromatic carbocycles. The summed E-state index contributed by atoms with van der Waals surface area (Å²) >= 11 is 0. The number of rotatable bonds is 7. The molecule has 1 unspecified atom stereocenters. The zero-order valence-corrected chi connectivity index (χ0v) is 18.4. The van der Waals surface area contributed by atoms with Crippen LogP contribution in [0.4, 0.5) is 0 Å². The number of nitrogens with zero attached hydrogens (tertiary/aromatic N) is 2. The van der Waals surface area contributed by atoms with Crippen LogP contribution < -0.4 is 9.47 Å². The number of aliphatic hydroxyl groups is 1. The molecule has 7 heteroatoms. The molecule has 1 amide bonds. The third-order valence-corrected chi connectivity index (χ3v) is 5.46. The second kappa shape index (κ2) is 9.56. The van der Waals surface area contributed by atoms with Crippen LogP contribution in [-0.4, -0.2) is 40.4 Å². The molecule has 0 radical (unpaired) electrons. The monoisotopic (exact) mass is 444 g/mol. The van der Waals surface area contributed by atoms with Crippen molar-refractivity contribution in [3.8, 4) is 11.5 Å². The maximum atomic E-state index is 13.2. The average Bonchev–Trinajstić information content (AvgIpc) is 3.09. The van der Waals surface area contributed by atoms with E-state index in [4.69, 9.17) is 9.47 Å². The van der Waals surface area contributed by atoms with Crippen molar-refractivity contribution in [3.05, 3.63) is 95.3 Å². The molecule has 4 rings (SSSR count). The minimum atomic E-state index is -0.785. The van der Waals surface area contributed by atoms with Gasteiger partial charge in [-0.3, -0.25) is 14.6 Å². The van der Waals surface area contributed by atoms with Crippen LogP contribution in [-0.2, 0) is 16.1 Å². The van der Waals surface area contributed by atoms with Crippen LogP contribution in [0.1, 0.15) is 29.7 Å². The quantitative estimate of drug-likeness (QED) is 0.335. The summed E-state index contributed by atoms with van der Waals surface area (Å²) in [6.45, 7) is 2.53. The average molecular weight is 444 g/mol. The normalized spacial score (nSPS) is 17.3. The van der Waals surface area contributed by atoms with Crippen molar-refractivity contribution < 1.29 is 24.2 Å². The number of hydrogen-bond acceptors (Lipinski definition) is 6. The molecule has 1 fully saturated rings. The fraction of sp³-hybridized carbons (Fsp3) is 0.192. The number of carbonyl (C=O) groups excluding carboxylic acids is 2. The minimum absolute atomic E-state index is 0.0303. The highest BCUT2D eigenvalue weighted by atomic mass is 16.5. The summed E-state index contributed by atoms with van der Waals surface area (Å²) in [5.41, 5.74) is 1.89. The zero-order valence-electron chi connectivity index (χ0n) is 18.4. The van der Waals surface area contributed by atoms with Gasteiger partial charge >= 0.3 is 0 Å². The van der Waals surface area contributed by atoms with Gasteiger partial charge in [-0.1, -0.05) is 18.2 Å². The van der Waals surface area contributed by atoms with E-state index in [1.54, 1.807) is 62.0 Å². The highest BCUT2D eigenvalue weighted by Crippen LogP contribution is 2.41. The first kappa shape index (κ1) is 22.1. The first-order valence-electron chi connectivity index (χ1n) is 10.6. The molecular formula is C26H24N2O5. The highest BCUT2D eigenvalue weighted by molar-refractivity contribution is 6.46. The van der Waals surface area contributed by atoms with Crippen LogP contribution >= 0.6 is 0 Å². The van der Waals surface area contributed by atoms with Crippen molar-refractivity contribution in [2.75, 3.05) is 13.7 Å². The van der Waals surface area contributed by atoms with Gasteiger partial charge in [-0.15, -0.1) is 0 Å². The molecular weight excluding hydrogens is 420 g/mol. The maximum absolute atomic E-state index is 13.2. The summed E-state index contributed by atoms with van der Waals surface area (Å²) in [5, 5.41) is 11.2. The number of Topliss-reactive ketones (excluding diaryl/α,β-unsaturated/α-hetero) is 1. The Hall–Kier alpha value is -4.13. The van der Waals surface area contributed by atoms with Crippen molar-refractivity contribution in [2.24, 2.45) is 0 Å².